The first-order valence-electron chi connectivity index (χ1n) is 9.32. The number of anilines is 2. The minimum Gasteiger partial charge on any atom is -0.494 e. The second kappa shape index (κ2) is 7.67. The van der Waals surface area contributed by atoms with Crippen LogP contribution in [0.5, 0.6) is 5.75 Å². The zero-order chi connectivity index (χ0) is 19.7. The minimum absolute atomic E-state index is 0.0934. The van der Waals surface area contributed by atoms with Gasteiger partial charge < -0.3 is 19.4 Å². The van der Waals surface area contributed by atoms with E-state index in [1.165, 1.54) is 0 Å². The molecule has 2 aromatic carbocycles. The van der Waals surface area contributed by atoms with E-state index in [0.29, 0.717) is 13.1 Å². The molecule has 1 fully saturated rings. The highest BCUT2D eigenvalue weighted by Gasteiger charge is 2.24. The van der Waals surface area contributed by atoms with E-state index in [-0.39, 0.29) is 5.91 Å². The Balaban J connectivity index is 1.43. The van der Waals surface area contributed by atoms with Crippen LogP contribution in [0.3, 0.4) is 0 Å². The van der Waals surface area contributed by atoms with E-state index in [1.54, 1.807) is 18.4 Å². The van der Waals surface area contributed by atoms with E-state index in [2.05, 4.69) is 11.0 Å². The molecule has 28 heavy (non-hydrogen) atoms. The summed E-state index contributed by atoms with van der Waals surface area (Å²) >= 11 is 1.67. The average Bonchev–Trinajstić information content (AvgIpc) is 3.18. The summed E-state index contributed by atoms with van der Waals surface area (Å²) in [6.45, 7) is 2.95. The van der Waals surface area contributed by atoms with Crippen LogP contribution >= 0.6 is 11.3 Å². The van der Waals surface area contributed by atoms with Gasteiger partial charge in [-0.1, -0.05) is 17.4 Å². The van der Waals surface area contributed by atoms with Crippen LogP contribution in [0.15, 0.2) is 42.5 Å². The van der Waals surface area contributed by atoms with Gasteiger partial charge in [0.15, 0.2) is 5.13 Å². The Labute approximate surface area is 168 Å². The number of thiazole rings is 1. The number of methoxy groups -OCH3 is 1. The molecule has 1 aliphatic heterocycles. The highest BCUT2D eigenvalue weighted by atomic mass is 32.1. The van der Waals surface area contributed by atoms with E-state index in [4.69, 9.17) is 9.72 Å². The van der Waals surface area contributed by atoms with Gasteiger partial charge in [-0.2, -0.15) is 0 Å². The highest BCUT2D eigenvalue weighted by Crippen LogP contribution is 2.34. The standard InChI is InChI=1S/C21H24N4O2S/c1-23(2)16-9-7-15(8-10-16)20(26)24-11-13-25(14-12-24)21-22-19-17(27-3)5-4-6-18(19)28-21/h4-10H,11-14H2,1-3H3. The van der Waals surface area contributed by atoms with Crippen molar-refractivity contribution in [2.75, 3.05) is 57.2 Å². The summed E-state index contributed by atoms with van der Waals surface area (Å²) in [4.78, 5) is 23.8. The Morgan fingerprint density at radius 3 is 2.43 bits per heavy atom. The minimum atomic E-state index is 0.0934. The molecule has 0 aliphatic carbocycles. The van der Waals surface area contributed by atoms with Gasteiger partial charge in [0.05, 0.1) is 11.8 Å². The third kappa shape index (κ3) is 3.49. The molecule has 6 nitrogen and oxygen atoms in total. The van der Waals surface area contributed by atoms with Gasteiger partial charge in [-0.25, -0.2) is 4.98 Å². The molecule has 7 heteroatoms. The third-order valence-corrected chi connectivity index (χ3v) is 6.14. The number of amides is 1. The monoisotopic (exact) mass is 396 g/mol. The average molecular weight is 397 g/mol. The second-order valence-electron chi connectivity index (χ2n) is 7.02. The van der Waals surface area contributed by atoms with Crippen LogP contribution < -0.4 is 14.5 Å². The Bertz CT molecular complexity index is 976. The summed E-state index contributed by atoms with van der Waals surface area (Å²) in [6, 6.07) is 13.8. The van der Waals surface area contributed by atoms with Crippen LogP contribution in [-0.2, 0) is 0 Å². The van der Waals surface area contributed by atoms with Gasteiger partial charge in [0.1, 0.15) is 11.3 Å². The highest BCUT2D eigenvalue weighted by molar-refractivity contribution is 7.22. The van der Waals surface area contributed by atoms with Crippen LogP contribution in [0.1, 0.15) is 10.4 Å². The smallest absolute Gasteiger partial charge is 0.253 e. The number of aromatic nitrogens is 1. The van der Waals surface area contributed by atoms with Gasteiger partial charge in [-0.05, 0) is 36.4 Å². The molecule has 1 aliphatic rings. The van der Waals surface area contributed by atoms with Crippen LogP contribution in [-0.4, -0.2) is 63.2 Å². The molecule has 1 aromatic heterocycles. The SMILES string of the molecule is COc1cccc2sc(N3CCN(C(=O)c4ccc(N(C)C)cc4)CC3)nc12. The summed E-state index contributed by atoms with van der Waals surface area (Å²) in [6.07, 6.45) is 0. The molecule has 0 bridgehead atoms. The predicted octanol–water partition coefficient (Wildman–Crippen LogP) is 3.33. The molecular weight excluding hydrogens is 372 g/mol. The van der Waals surface area contributed by atoms with Crippen LogP contribution in [0.25, 0.3) is 10.2 Å². The summed E-state index contributed by atoms with van der Waals surface area (Å²) < 4.78 is 6.54. The third-order valence-electron chi connectivity index (χ3n) is 5.06. The van der Waals surface area contributed by atoms with Crippen molar-refractivity contribution in [2.45, 2.75) is 0 Å². The molecule has 1 amide bonds. The first kappa shape index (κ1) is 18.6. The zero-order valence-electron chi connectivity index (χ0n) is 16.4. The molecule has 2 heterocycles. The van der Waals surface area contributed by atoms with Gasteiger partial charge in [0.2, 0.25) is 0 Å². The summed E-state index contributed by atoms with van der Waals surface area (Å²) in [5.41, 5.74) is 2.74. The lowest BCUT2D eigenvalue weighted by Crippen LogP contribution is -2.48. The summed E-state index contributed by atoms with van der Waals surface area (Å²) in [5.74, 6) is 0.894. The van der Waals surface area contributed by atoms with Gasteiger partial charge >= 0.3 is 0 Å². The van der Waals surface area contributed by atoms with E-state index in [0.717, 1.165) is 45.4 Å². The van der Waals surface area contributed by atoms with Gasteiger partial charge in [-0.15, -0.1) is 0 Å². The van der Waals surface area contributed by atoms with Crippen LogP contribution in [0.4, 0.5) is 10.8 Å². The van der Waals surface area contributed by atoms with Crippen LogP contribution in [0.2, 0.25) is 0 Å². The maximum Gasteiger partial charge on any atom is 0.253 e. The summed E-state index contributed by atoms with van der Waals surface area (Å²) in [7, 11) is 5.66. The fraction of sp³-hybridized carbons (Fsp3) is 0.333. The fourth-order valence-electron chi connectivity index (χ4n) is 3.40. The number of hydrogen-bond acceptors (Lipinski definition) is 6. The molecule has 146 valence electrons. The quantitative estimate of drug-likeness (QED) is 0.677. The Kier molecular flexibility index (Phi) is 5.09. The summed E-state index contributed by atoms with van der Waals surface area (Å²) in [5, 5.41) is 0.988. The molecule has 4 rings (SSSR count). The van der Waals surface area contributed by atoms with Crippen molar-refractivity contribution in [2.24, 2.45) is 0 Å². The number of piperazine rings is 1. The van der Waals surface area contributed by atoms with Crippen molar-refractivity contribution < 1.29 is 9.53 Å². The predicted molar refractivity (Wildman–Crippen MR) is 115 cm³/mol. The topological polar surface area (TPSA) is 48.9 Å². The normalized spacial score (nSPS) is 14.4. The number of carbonyl (C=O) groups excluding carboxylic acids is 1. The zero-order valence-corrected chi connectivity index (χ0v) is 17.2. The number of ether oxygens (including phenoxy) is 1. The van der Waals surface area contributed by atoms with Crippen molar-refractivity contribution in [1.82, 2.24) is 9.88 Å². The van der Waals surface area contributed by atoms with Crippen molar-refractivity contribution in [3.63, 3.8) is 0 Å². The molecule has 1 saturated heterocycles. The molecule has 0 N–H and O–H groups in total. The van der Waals surface area contributed by atoms with Crippen molar-refractivity contribution >= 4 is 38.3 Å². The maximum atomic E-state index is 12.8. The van der Waals surface area contributed by atoms with E-state index >= 15 is 0 Å². The first-order chi connectivity index (χ1) is 13.6. The Morgan fingerprint density at radius 1 is 1.07 bits per heavy atom. The second-order valence-corrected chi connectivity index (χ2v) is 8.03. The first-order valence-corrected chi connectivity index (χ1v) is 10.1. The lowest BCUT2D eigenvalue weighted by molar-refractivity contribution is 0.0747. The number of para-hydroxylation sites is 1. The molecule has 0 atom stereocenters. The van der Waals surface area contributed by atoms with Gasteiger partial charge in [0, 0.05) is 51.5 Å². The fourth-order valence-corrected chi connectivity index (χ4v) is 4.43. The molecule has 0 radical (unpaired) electrons. The number of carbonyl (C=O) groups is 1. The van der Waals surface area contributed by atoms with Gasteiger partial charge in [0.25, 0.3) is 5.91 Å². The Morgan fingerprint density at radius 2 is 1.79 bits per heavy atom. The van der Waals surface area contributed by atoms with Crippen molar-refractivity contribution in [3.05, 3.63) is 48.0 Å². The van der Waals surface area contributed by atoms with Crippen molar-refractivity contribution in [1.29, 1.82) is 0 Å². The number of hydrogen-bond donors (Lipinski definition) is 0. The lowest BCUT2D eigenvalue weighted by atomic mass is 10.1. The molecule has 3 aromatic rings. The number of nitrogens with zero attached hydrogens (tertiary/aromatic N) is 4. The maximum absolute atomic E-state index is 12.8. The Hall–Kier alpha value is -2.80. The molecule has 0 spiro atoms. The van der Waals surface area contributed by atoms with Crippen molar-refractivity contribution in [3.8, 4) is 5.75 Å². The number of benzene rings is 2. The van der Waals surface area contributed by atoms with Crippen LogP contribution in [0, 0.1) is 0 Å². The van der Waals surface area contributed by atoms with E-state index < -0.39 is 0 Å². The van der Waals surface area contributed by atoms with Gasteiger partial charge in [-0.3, -0.25) is 4.79 Å². The number of fused-ring (bicyclic) bond motifs is 1. The van der Waals surface area contributed by atoms with E-state index in [1.807, 2.05) is 60.3 Å². The molecule has 0 unspecified atom stereocenters. The van der Waals surface area contributed by atoms with E-state index in [9.17, 15) is 4.79 Å². The molecule has 0 saturated carbocycles. The largest absolute Gasteiger partial charge is 0.494 e. The lowest BCUT2D eigenvalue weighted by Gasteiger charge is -2.34. The number of rotatable bonds is 4. The molecular formula is C21H24N4O2S.